The normalized spacial score (nSPS) is 19.0. The Labute approximate surface area is 130 Å². The molecule has 1 aliphatic rings. The van der Waals surface area contributed by atoms with Crippen LogP contribution in [0, 0.1) is 11.8 Å². The van der Waals surface area contributed by atoms with Crippen LogP contribution in [0.1, 0.15) is 47.5 Å². The van der Waals surface area contributed by atoms with Crippen LogP contribution in [0.2, 0.25) is 0 Å². The number of nitrogens with one attached hydrogen (secondary N) is 2. The van der Waals surface area contributed by atoms with Crippen LogP contribution in [-0.4, -0.2) is 36.5 Å². The van der Waals surface area contributed by atoms with Gasteiger partial charge in [-0.05, 0) is 45.4 Å². The van der Waals surface area contributed by atoms with Gasteiger partial charge in [0.15, 0.2) is 0 Å². The Morgan fingerprint density at radius 2 is 1.73 bits per heavy atom. The molecule has 1 atom stereocenters. The van der Waals surface area contributed by atoms with Gasteiger partial charge in [-0.15, -0.1) is 0 Å². The van der Waals surface area contributed by atoms with E-state index in [9.17, 15) is 18.0 Å². The first-order valence-corrected chi connectivity index (χ1v) is 7.65. The highest BCUT2D eigenvalue weighted by Crippen LogP contribution is 2.48. The van der Waals surface area contributed by atoms with Gasteiger partial charge in [0.25, 0.3) is 0 Å². The molecule has 2 N–H and O–H groups in total. The maximum atomic E-state index is 12.9. The third-order valence-electron chi connectivity index (χ3n) is 3.85. The smallest absolute Gasteiger partial charge is 0.407 e. The predicted molar refractivity (Wildman–Crippen MR) is 78.6 cm³/mol. The Hall–Kier alpha value is -0.980. The Bertz CT molecular complexity index is 385. The van der Waals surface area contributed by atoms with E-state index in [1.807, 2.05) is 13.8 Å². The van der Waals surface area contributed by atoms with Crippen molar-refractivity contribution in [2.45, 2.75) is 64.8 Å². The highest BCUT2D eigenvalue weighted by atomic mass is 19.4. The molecule has 0 aromatic heterocycles. The van der Waals surface area contributed by atoms with Crippen molar-refractivity contribution in [2.24, 2.45) is 11.8 Å². The monoisotopic (exact) mass is 324 g/mol. The van der Waals surface area contributed by atoms with Gasteiger partial charge in [-0.25, -0.2) is 4.79 Å². The predicted octanol–water partition coefficient (Wildman–Crippen LogP) is 3.47. The van der Waals surface area contributed by atoms with Crippen LogP contribution in [-0.2, 0) is 4.74 Å². The average Bonchev–Trinajstić information content (AvgIpc) is 3.06. The molecule has 0 bridgehead atoms. The van der Waals surface area contributed by atoms with Gasteiger partial charge in [0.1, 0.15) is 11.1 Å². The van der Waals surface area contributed by atoms with Crippen LogP contribution in [0.5, 0.6) is 0 Å². The van der Waals surface area contributed by atoms with Gasteiger partial charge in [-0.2, -0.15) is 13.2 Å². The van der Waals surface area contributed by atoms with Crippen LogP contribution in [0.15, 0.2) is 0 Å². The number of alkyl carbamates (subject to hydrolysis) is 1. The summed E-state index contributed by atoms with van der Waals surface area (Å²) >= 11 is 0. The third kappa shape index (κ3) is 5.66. The SMILES string of the molecule is CC(C)C(CNC(=O)OC(C)(C)C)CNC1(C(F)(F)F)CC1. The van der Waals surface area contributed by atoms with Crippen molar-refractivity contribution < 1.29 is 22.7 Å². The molecule has 1 fully saturated rings. The summed E-state index contributed by atoms with van der Waals surface area (Å²) in [6, 6.07) is 0. The molecule has 1 saturated carbocycles. The lowest BCUT2D eigenvalue weighted by Crippen LogP contribution is -2.49. The number of halogens is 3. The molecule has 0 aromatic rings. The van der Waals surface area contributed by atoms with Gasteiger partial charge in [0, 0.05) is 13.1 Å². The van der Waals surface area contributed by atoms with Crippen molar-refractivity contribution in [3.8, 4) is 0 Å². The molecule has 0 heterocycles. The number of amides is 1. The number of ether oxygens (including phenoxy) is 1. The molecule has 0 aliphatic heterocycles. The van der Waals surface area contributed by atoms with E-state index in [-0.39, 0.29) is 37.8 Å². The van der Waals surface area contributed by atoms with E-state index in [0.29, 0.717) is 0 Å². The second kappa shape index (κ2) is 6.64. The highest BCUT2D eigenvalue weighted by Gasteiger charge is 2.63. The lowest BCUT2D eigenvalue weighted by molar-refractivity contribution is -0.166. The van der Waals surface area contributed by atoms with Gasteiger partial charge in [0.2, 0.25) is 0 Å². The number of carbonyl (C=O) groups is 1. The summed E-state index contributed by atoms with van der Waals surface area (Å²) < 4.78 is 43.8. The first-order chi connectivity index (χ1) is 9.86. The van der Waals surface area contributed by atoms with Crippen molar-refractivity contribution in [2.75, 3.05) is 13.1 Å². The van der Waals surface area contributed by atoms with Crippen molar-refractivity contribution >= 4 is 6.09 Å². The van der Waals surface area contributed by atoms with E-state index in [1.165, 1.54) is 0 Å². The zero-order chi connectivity index (χ0) is 17.2. The standard InChI is InChI=1S/C15H27F3N2O2/c1-10(2)11(8-19-12(21)22-13(3,4)5)9-20-14(6-7-14)15(16,17)18/h10-11,20H,6-9H2,1-5H3,(H,19,21). The van der Waals surface area contributed by atoms with Gasteiger partial charge in [-0.1, -0.05) is 13.8 Å². The van der Waals surface area contributed by atoms with Crippen LogP contribution in [0.3, 0.4) is 0 Å². The molecule has 4 nitrogen and oxygen atoms in total. The summed E-state index contributed by atoms with van der Waals surface area (Å²) in [7, 11) is 0. The van der Waals surface area contributed by atoms with E-state index < -0.39 is 23.4 Å². The van der Waals surface area contributed by atoms with Crippen LogP contribution < -0.4 is 10.6 Å². The summed E-state index contributed by atoms with van der Waals surface area (Å²) in [5, 5.41) is 5.28. The van der Waals surface area contributed by atoms with Crippen LogP contribution in [0.4, 0.5) is 18.0 Å². The summed E-state index contributed by atoms with van der Waals surface area (Å²) in [5.74, 6) is 0.0545. The van der Waals surface area contributed by atoms with Crippen LogP contribution >= 0.6 is 0 Å². The van der Waals surface area contributed by atoms with Crippen molar-refractivity contribution in [3.63, 3.8) is 0 Å². The second-order valence-corrected chi connectivity index (χ2v) is 7.35. The molecule has 22 heavy (non-hydrogen) atoms. The van der Waals surface area contributed by atoms with Crippen molar-refractivity contribution in [1.29, 1.82) is 0 Å². The number of carbonyl (C=O) groups excluding carboxylic acids is 1. The summed E-state index contributed by atoms with van der Waals surface area (Å²) in [5.41, 5.74) is -2.31. The molecular weight excluding hydrogens is 297 g/mol. The summed E-state index contributed by atoms with van der Waals surface area (Å²) in [6.07, 6.45) is -4.51. The Balaban J connectivity index is 2.45. The molecule has 0 saturated heterocycles. The minimum atomic E-state index is -4.22. The first kappa shape index (κ1) is 19.1. The average molecular weight is 324 g/mol. The van der Waals surface area contributed by atoms with E-state index in [2.05, 4.69) is 10.6 Å². The lowest BCUT2D eigenvalue weighted by Gasteiger charge is -2.27. The molecule has 7 heteroatoms. The summed E-state index contributed by atoms with van der Waals surface area (Å²) in [6.45, 7) is 9.63. The third-order valence-corrected chi connectivity index (χ3v) is 3.85. The molecule has 0 radical (unpaired) electrons. The molecular formula is C15H27F3N2O2. The fraction of sp³-hybridized carbons (Fsp3) is 0.933. The van der Waals surface area contributed by atoms with Gasteiger partial charge in [0.05, 0.1) is 0 Å². The zero-order valence-corrected chi connectivity index (χ0v) is 13.9. The van der Waals surface area contributed by atoms with Gasteiger partial charge in [-0.3, -0.25) is 0 Å². The van der Waals surface area contributed by atoms with E-state index >= 15 is 0 Å². The Morgan fingerprint density at radius 1 is 1.18 bits per heavy atom. The molecule has 1 unspecified atom stereocenters. The van der Waals surface area contributed by atoms with E-state index in [1.54, 1.807) is 20.8 Å². The van der Waals surface area contributed by atoms with Crippen LogP contribution in [0.25, 0.3) is 0 Å². The molecule has 1 aliphatic carbocycles. The van der Waals surface area contributed by atoms with Gasteiger partial charge >= 0.3 is 12.3 Å². The van der Waals surface area contributed by atoms with E-state index in [4.69, 9.17) is 4.74 Å². The molecule has 1 rings (SSSR count). The lowest BCUT2D eigenvalue weighted by atomic mass is 9.95. The number of rotatable bonds is 6. The molecule has 0 spiro atoms. The van der Waals surface area contributed by atoms with Crippen molar-refractivity contribution in [1.82, 2.24) is 10.6 Å². The molecule has 0 aromatic carbocycles. The highest BCUT2D eigenvalue weighted by molar-refractivity contribution is 5.67. The minimum Gasteiger partial charge on any atom is -0.444 e. The van der Waals surface area contributed by atoms with Crippen molar-refractivity contribution in [3.05, 3.63) is 0 Å². The fourth-order valence-corrected chi connectivity index (χ4v) is 2.08. The van der Waals surface area contributed by atoms with Gasteiger partial charge < -0.3 is 15.4 Å². The fourth-order valence-electron chi connectivity index (χ4n) is 2.08. The number of hydrogen-bond acceptors (Lipinski definition) is 3. The molecule has 130 valence electrons. The summed E-state index contributed by atoms with van der Waals surface area (Å²) in [4.78, 5) is 11.6. The number of hydrogen-bond donors (Lipinski definition) is 2. The number of alkyl halides is 3. The maximum absolute atomic E-state index is 12.9. The largest absolute Gasteiger partial charge is 0.444 e. The Kier molecular flexibility index (Phi) is 5.76. The van der Waals surface area contributed by atoms with E-state index in [0.717, 1.165) is 0 Å². The first-order valence-electron chi connectivity index (χ1n) is 7.65. The Morgan fingerprint density at radius 3 is 2.09 bits per heavy atom. The topological polar surface area (TPSA) is 50.4 Å². The second-order valence-electron chi connectivity index (χ2n) is 7.35. The minimum absolute atomic E-state index is 0.0904. The maximum Gasteiger partial charge on any atom is 0.407 e. The zero-order valence-electron chi connectivity index (χ0n) is 13.9. The quantitative estimate of drug-likeness (QED) is 0.786. The molecule has 1 amide bonds.